The molecule has 3 aromatic rings. The molecule has 20 heavy (non-hydrogen) atoms. The van der Waals surface area contributed by atoms with Gasteiger partial charge in [0.05, 0.1) is 5.69 Å². The summed E-state index contributed by atoms with van der Waals surface area (Å²) in [5.41, 5.74) is 1.70. The summed E-state index contributed by atoms with van der Waals surface area (Å²) in [6, 6.07) is 5.85. The summed E-state index contributed by atoms with van der Waals surface area (Å²) in [5, 5.41) is 7.87. The Balaban J connectivity index is 2.14. The van der Waals surface area contributed by atoms with Crippen LogP contribution in [0.2, 0.25) is 5.15 Å². The lowest BCUT2D eigenvalue weighted by atomic mass is 10.3. The van der Waals surface area contributed by atoms with Gasteiger partial charge in [-0.2, -0.15) is 19.6 Å². The molecule has 0 aliphatic carbocycles. The van der Waals surface area contributed by atoms with Crippen LogP contribution < -0.4 is 5.32 Å². The molecule has 0 spiro atoms. The maximum atomic E-state index is 6.13. The minimum atomic E-state index is 0.404. The fraction of sp³-hybridized carbons (Fsp3) is 0.0833. The summed E-state index contributed by atoms with van der Waals surface area (Å²) in [6.07, 6.45) is 1.44. The number of hydrogen-bond acceptors (Lipinski definition) is 4. The van der Waals surface area contributed by atoms with Crippen molar-refractivity contribution in [1.29, 1.82) is 0 Å². The molecule has 0 saturated carbocycles. The summed E-state index contributed by atoms with van der Waals surface area (Å²) in [6.45, 7) is 1.88. The van der Waals surface area contributed by atoms with Crippen LogP contribution in [0.4, 0.5) is 11.5 Å². The molecule has 3 rings (SSSR count). The van der Waals surface area contributed by atoms with Gasteiger partial charge < -0.3 is 5.32 Å². The van der Waals surface area contributed by atoms with Gasteiger partial charge in [-0.15, -0.1) is 0 Å². The minimum absolute atomic E-state index is 0.404. The van der Waals surface area contributed by atoms with Crippen molar-refractivity contribution in [2.45, 2.75) is 6.92 Å². The number of nitrogens with zero attached hydrogens (tertiary/aromatic N) is 4. The lowest BCUT2D eigenvalue weighted by molar-refractivity contribution is 0.936. The van der Waals surface area contributed by atoms with Crippen molar-refractivity contribution in [3.05, 3.63) is 44.2 Å². The largest absolute Gasteiger partial charge is 0.339 e. The van der Waals surface area contributed by atoms with E-state index in [2.05, 4.69) is 52.2 Å². The topological polar surface area (TPSA) is 55.1 Å². The number of halogens is 3. The molecular weight excluding hydrogens is 409 g/mol. The van der Waals surface area contributed by atoms with Gasteiger partial charge in [-0.3, -0.25) is 0 Å². The molecular formula is C12H8Br2ClN5. The highest BCUT2D eigenvalue weighted by Crippen LogP contribution is 2.31. The standard InChI is InChI=1S/C12H8Br2ClN5/c1-6-10(15)19-12-16-5-17-20(12)11(6)18-9-3-2-7(13)4-8(9)14/h2-5,18H,1H3. The molecule has 0 atom stereocenters. The molecule has 5 nitrogen and oxygen atoms in total. The van der Waals surface area contributed by atoms with Crippen molar-refractivity contribution in [3.63, 3.8) is 0 Å². The molecule has 2 heterocycles. The average Bonchev–Trinajstić information content (AvgIpc) is 2.85. The van der Waals surface area contributed by atoms with Gasteiger partial charge in [0.15, 0.2) is 0 Å². The zero-order valence-corrected chi connectivity index (χ0v) is 14.2. The fourth-order valence-electron chi connectivity index (χ4n) is 1.76. The Morgan fingerprint density at radius 1 is 1.30 bits per heavy atom. The Kier molecular flexibility index (Phi) is 3.66. The van der Waals surface area contributed by atoms with Crippen LogP contribution in [0.15, 0.2) is 33.5 Å². The van der Waals surface area contributed by atoms with Crippen LogP contribution in [-0.2, 0) is 0 Å². The third-order valence-electron chi connectivity index (χ3n) is 2.79. The van der Waals surface area contributed by atoms with Gasteiger partial charge in [-0.1, -0.05) is 27.5 Å². The molecule has 0 unspecified atom stereocenters. The normalized spacial score (nSPS) is 11.0. The second kappa shape index (κ2) is 5.31. The molecule has 8 heteroatoms. The number of rotatable bonds is 2. The molecule has 2 aromatic heterocycles. The molecule has 102 valence electrons. The first kappa shape index (κ1) is 13.8. The maximum Gasteiger partial charge on any atom is 0.255 e. The first-order valence-corrected chi connectivity index (χ1v) is 7.60. The Morgan fingerprint density at radius 2 is 2.10 bits per heavy atom. The number of aromatic nitrogens is 4. The monoisotopic (exact) mass is 415 g/mol. The van der Waals surface area contributed by atoms with Gasteiger partial charge in [0, 0.05) is 14.5 Å². The van der Waals surface area contributed by atoms with Gasteiger partial charge in [0.25, 0.3) is 5.78 Å². The van der Waals surface area contributed by atoms with E-state index in [1.165, 1.54) is 6.33 Å². The van der Waals surface area contributed by atoms with Gasteiger partial charge >= 0.3 is 0 Å². The van der Waals surface area contributed by atoms with Crippen molar-refractivity contribution in [2.75, 3.05) is 5.32 Å². The van der Waals surface area contributed by atoms with Crippen LogP contribution in [0, 0.1) is 6.92 Å². The highest BCUT2D eigenvalue weighted by Gasteiger charge is 2.13. The van der Waals surface area contributed by atoms with E-state index in [0.717, 1.165) is 26.0 Å². The molecule has 0 amide bonds. The van der Waals surface area contributed by atoms with E-state index in [1.807, 2.05) is 25.1 Å². The maximum absolute atomic E-state index is 6.13. The van der Waals surface area contributed by atoms with Crippen molar-refractivity contribution < 1.29 is 0 Å². The van der Waals surface area contributed by atoms with E-state index in [1.54, 1.807) is 4.52 Å². The van der Waals surface area contributed by atoms with Crippen LogP contribution in [-0.4, -0.2) is 19.6 Å². The van der Waals surface area contributed by atoms with E-state index in [-0.39, 0.29) is 0 Å². The molecule has 1 N–H and O–H groups in total. The number of nitrogens with one attached hydrogen (secondary N) is 1. The molecule has 0 radical (unpaired) electrons. The lowest BCUT2D eigenvalue weighted by Gasteiger charge is -2.13. The number of hydrogen-bond donors (Lipinski definition) is 1. The number of fused-ring (bicyclic) bond motifs is 1. The number of anilines is 2. The van der Waals surface area contributed by atoms with Gasteiger partial charge in [0.2, 0.25) is 0 Å². The first-order chi connectivity index (χ1) is 9.56. The smallest absolute Gasteiger partial charge is 0.255 e. The Bertz CT molecular complexity index is 802. The third-order valence-corrected chi connectivity index (χ3v) is 4.31. The second-order valence-corrected chi connectivity index (χ2v) is 6.23. The molecule has 0 bridgehead atoms. The molecule has 0 aliphatic heterocycles. The third kappa shape index (κ3) is 2.41. The van der Waals surface area contributed by atoms with Crippen LogP contribution in [0.1, 0.15) is 5.56 Å². The quantitative estimate of drug-likeness (QED) is 0.630. The SMILES string of the molecule is Cc1c(Cl)nc2ncnn2c1Nc1ccc(Br)cc1Br. The summed E-state index contributed by atoms with van der Waals surface area (Å²) < 4.78 is 3.54. The van der Waals surface area contributed by atoms with Gasteiger partial charge in [-0.05, 0) is 41.1 Å². The number of benzene rings is 1. The van der Waals surface area contributed by atoms with E-state index >= 15 is 0 Å². The fourth-order valence-corrected chi connectivity index (χ4v) is 3.07. The van der Waals surface area contributed by atoms with Crippen LogP contribution in [0.5, 0.6) is 0 Å². The van der Waals surface area contributed by atoms with Crippen molar-refractivity contribution >= 4 is 60.7 Å². The van der Waals surface area contributed by atoms with E-state index < -0.39 is 0 Å². The lowest BCUT2D eigenvalue weighted by Crippen LogP contribution is -2.05. The van der Waals surface area contributed by atoms with Crippen LogP contribution in [0.3, 0.4) is 0 Å². The van der Waals surface area contributed by atoms with Gasteiger partial charge in [-0.25, -0.2) is 0 Å². The van der Waals surface area contributed by atoms with Gasteiger partial charge in [0.1, 0.15) is 17.3 Å². The zero-order chi connectivity index (χ0) is 14.3. The average molecular weight is 417 g/mol. The molecule has 0 aliphatic rings. The summed E-state index contributed by atoms with van der Waals surface area (Å²) in [7, 11) is 0. The zero-order valence-electron chi connectivity index (χ0n) is 10.2. The van der Waals surface area contributed by atoms with E-state index in [9.17, 15) is 0 Å². The van der Waals surface area contributed by atoms with E-state index in [0.29, 0.717) is 10.9 Å². The second-order valence-electron chi connectivity index (χ2n) is 4.10. The van der Waals surface area contributed by atoms with Crippen molar-refractivity contribution in [1.82, 2.24) is 19.6 Å². The van der Waals surface area contributed by atoms with Crippen LogP contribution in [0.25, 0.3) is 5.78 Å². The minimum Gasteiger partial charge on any atom is -0.339 e. The van der Waals surface area contributed by atoms with Crippen molar-refractivity contribution in [3.8, 4) is 0 Å². The summed E-state index contributed by atoms with van der Waals surface area (Å²) in [4.78, 5) is 8.23. The summed E-state index contributed by atoms with van der Waals surface area (Å²) in [5.74, 6) is 1.19. The Labute approximate surface area is 136 Å². The first-order valence-electron chi connectivity index (χ1n) is 5.64. The Morgan fingerprint density at radius 3 is 2.85 bits per heavy atom. The predicted octanol–water partition coefficient (Wildman–Crippen LogP) is 4.35. The highest BCUT2D eigenvalue weighted by molar-refractivity contribution is 9.11. The molecule has 0 fully saturated rings. The Hall–Kier alpha value is -1.18. The highest BCUT2D eigenvalue weighted by atomic mass is 79.9. The summed E-state index contributed by atoms with van der Waals surface area (Å²) >= 11 is 13.1. The van der Waals surface area contributed by atoms with E-state index in [4.69, 9.17) is 11.6 Å². The van der Waals surface area contributed by atoms with Crippen molar-refractivity contribution in [2.24, 2.45) is 0 Å². The predicted molar refractivity (Wildman–Crippen MR) is 85.7 cm³/mol. The molecule has 0 saturated heterocycles. The van der Waals surface area contributed by atoms with Crippen LogP contribution >= 0.6 is 43.5 Å². The molecule has 1 aromatic carbocycles.